The zero-order chi connectivity index (χ0) is 16.1. The molecule has 5 heteroatoms. The van der Waals surface area contributed by atoms with Crippen LogP contribution in [0.15, 0.2) is 47.3 Å². The molecule has 2 rings (SSSR count). The van der Waals surface area contributed by atoms with Crippen molar-refractivity contribution in [2.75, 3.05) is 6.54 Å². The first-order chi connectivity index (χ1) is 10.5. The van der Waals surface area contributed by atoms with Gasteiger partial charge >= 0.3 is 0 Å². The number of rotatable bonds is 5. The van der Waals surface area contributed by atoms with Gasteiger partial charge in [-0.25, -0.2) is 0 Å². The molecule has 1 aromatic heterocycles. The molecule has 0 aliphatic rings. The maximum Gasteiger partial charge on any atom is 0.261 e. The molecule has 0 saturated heterocycles. The van der Waals surface area contributed by atoms with Gasteiger partial charge in [-0.15, -0.1) is 0 Å². The molecule has 2 aromatic rings. The van der Waals surface area contributed by atoms with Crippen molar-refractivity contribution in [1.29, 1.82) is 0 Å². The number of carbonyl (C=O) groups excluding carboxylic acids is 1. The van der Waals surface area contributed by atoms with Crippen LogP contribution in [0.2, 0.25) is 0 Å². The Morgan fingerprint density at radius 3 is 2.45 bits per heavy atom. The van der Waals surface area contributed by atoms with E-state index < -0.39 is 17.6 Å². The van der Waals surface area contributed by atoms with E-state index in [2.05, 4.69) is 10.3 Å². The van der Waals surface area contributed by atoms with E-state index in [1.165, 1.54) is 6.07 Å². The predicted molar refractivity (Wildman–Crippen MR) is 85.7 cm³/mol. The Balaban J connectivity index is 2.13. The van der Waals surface area contributed by atoms with Gasteiger partial charge in [0.15, 0.2) is 0 Å². The van der Waals surface area contributed by atoms with Gasteiger partial charge in [0.25, 0.3) is 11.5 Å². The number of H-pyrrole nitrogens is 1. The topological polar surface area (TPSA) is 82.2 Å². The molecule has 0 bridgehead atoms. The summed E-state index contributed by atoms with van der Waals surface area (Å²) in [7, 11) is 0. The van der Waals surface area contributed by atoms with Gasteiger partial charge in [-0.1, -0.05) is 44.2 Å². The summed E-state index contributed by atoms with van der Waals surface area (Å²) in [6.07, 6.45) is -0.633. The van der Waals surface area contributed by atoms with Gasteiger partial charge in [-0.3, -0.25) is 9.59 Å². The molecule has 1 aromatic carbocycles. The zero-order valence-corrected chi connectivity index (χ0v) is 12.7. The van der Waals surface area contributed by atoms with Crippen molar-refractivity contribution < 1.29 is 9.90 Å². The van der Waals surface area contributed by atoms with Crippen molar-refractivity contribution in [1.82, 2.24) is 10.3 Å². The minimum atomic E-state index is -0.633. The highest BCUT2D eigenvalue weighted by atomic mass is 16.3. The van der Waals surface area contributed by atoms with E-state index in [-0.39, 0.29) is 18.0 Å². The number of nitrogens with one attached hydrogen (secondary N) is 2. The maximum atomic E-state index is 12.1. The number of aromatic amines is 1. The second kappa shape index (κ2) is 7.04. The van der Waals surface area contributed by atoms with Crippen LogP contribution in [0, 0.1) is 5.92 Å². The molecule has 0 radical (unpaired) electrons. The van der Waals surface area contributed by atoms with Crippen LogP contribution in [0.25, 0.3) is 11.3 Å². The fraction of sp³-hybridized carbons (Fsp3) is 0.294. The van der Waals surface area contributed by atoms with E-state index >= 15 is 0 Å². The third kappa shape index (κ3) is 3.83. The average molecular weight is 300 g/mol. The Kier molecular flexibility index (Phi) is 5.12. The smallest absolute Gasteiger partial charge is 0.261 e. The van der Waals surface area contributed by atoms with E-state index in [4.69, 9.17) is 0 Å². The molecule has 0 fully saturated rings. The summed E-state index contributed by atoms with van der Waals surface area (Å²) >= 11 is 0. The monoisotopic (exact) mass is 300 g/mol. The Bertz CT molecular complexity index is 693. The molecule has 0 aliphatic heterocycles. The minimum absolute atomic E-state index is 0.0376. The van der Waals surface area contributed by atoms with Gasteiger partial charge < -0.3 is 15.4 Å². The number of aliphatic hydroxyl groups excluding tert-OH is 1. The highest BCUT2D eigenvalue weighted by molar-refractivity contribution is 5.94. The predicted octanol–water partition coefficient (Wildman–Crippen LogP) is 1.79. The lowest BCUT2D eigenvalue weighted by Gasteiger charge is -2.14. The number of hydrogen-bond acceptors (Lipinski definition) is 3. The maximum absolute atomic E-state index is 12.1. The van der Waals surface area contributed by atoms with E-state index in [9.17, 15) is 14.7 Å². The van der Waals surface area contributed by atoms with Crippen LogP contribution >= 0.6 is 0 Å². The number of amides is 1. The number of hydrogen-bond donors (Lipinski definition) is 3. The largest absolute Gasteiger partial charge is 0.391 e. The van der Waals surface area contributed by atoms with Crippen LogP contribution < -0.4 is 10.9 Å². The molecule has 116 valence electrons. The summed E-state index contributed by atoms with van der Waals surface area (Å²) in [4.78, 5) is 26.8. The van der Waals surface area contributed by atoms with Gasteiger partial charge in [-0.2, -0.15) is 0 Å². The van der Waals surface area contributed by atoms with E-state index in [1.54, 1.807) is 6.07 Å². The first-order valence-electron chi connectivity index (χ1n) is 7.24. The lowest BCUT2D eigenvalue weighted by molar-refractivity contribution is 0.0870. The van der Waals surface area contributed by atoms with Crippen LogP contribution in [-0.2, 0) is 0 Å². The van der Waals surface area contributed by atoms with Gasteiger partial charge in [0.2, 0.25) is 0 Å². The minimum Gasteiger partial charge on any atom is -0.391 e. The molecule has 1 amide bonds. The standard InChI is InChI=1S/C17H20N2O3/c1-11(2)15(20)10-18-16(21)13-8-9-14(19-17(13)22)12-6-4-3-5-7-12/h3-9,11,15,20H,10H2,1-2H3,(H,18,21)(H,19,22). The number of aliphatic hydroxyl groups is 1. The Morgan fingerprint density at radius 1 is 1.18 bits per heavy atom. The molecular weight excluding hydrogens is 280 g/mol. The highest BCUT2D eigenvalue weighted by Crippen LogP contribution is 2.14. The third-order valence-electron chi connectivity index (χ3n) is 3.48. The van der Waals surface area contributed by atoms with Crippen LogP contribution in [0.1, 0.15) is 24.2 Å². The Labute approximate surface area is 129 Å². The normalized spacial score (nSPS) is 12.2. The van der Waals surface area contributed by atoms with E-state index in [0.717, 1.165) is 5.56 Å². The molecule has 3 N–H and O–H groups in total. The molecule has 0 spiro atoms. The molecular formula is C17H20N2O3. The van der Waals surface area contributed by atoms with Gasteiger partial charge in [-0.05, 0) is 23.6 Å². The summed E-state index contributed by atoms with van der Waals surface area (Å²) in [6.45, 7) is 3.84. The second-order valence-corrected chi connectivity index (χ2v) is 5.50. The Morgan fingerprint density at radius 2 is 1.86 bits per heavy atom. The fourth-order valence-electron chi connectivity index (χ4n) is 1.97. The summed E-state index contributed by atoms with van der Waals surface area (Å²) < 4.78 is 0. The number of aromatic nitrogens is 1. The number of pyridine rings is 1. The molecule has 0 aliphatic carbocycles. The third-order valence-corrected chi connectivity index (χ3v) is 3.48. The highest BCUT2D eigenvalue weighted by Gasteiger charge is 2.14. The van der Waals surface area contributed by atoms with Crippen LogP contribution in [-0.4, -0.2) is 28.6 Å². The number of benzene rings is 1. The van der Waals surface area contributed by atoms with E-state index in [1.807, 2.05) is 44.2 Å². The van der Waals surface area contributed by atoms with Crippen molar-refractivity contribution in [2.45, 2.75) is 20.0 Å². The lowest BCUT2D eigenvalue weighted by atomic mass is 10.1. The molecule has 1 atom stereocenters. The van der Waals surface area contributed by atoms with Crippen LogP contribution in [0.5, 0.6) is 0 Å². The van der Waals surface area contributed by atoms with Gasteiger partial charge in [0, 0.05) is 12.2 Å². The van der Waals surface area contributed by atoms with Crippen molar-refractivity contribution >= 4 is 5.91 Å². The molecule has 1 unspecified atom stereocenters. The Hall–Kier alpha value is -2.40. The van der Waals surface area contributed by atoms with Crippen molar-refractivity contribution in [3.8, 4) is 11.3 Å². The molecule has 5 nitrogen and oxygen atoms in total. The first-order valence-corrected chi connectivity index (χ1v) is 7.24. The van der Waals surface area contributed by atoms with Crippen molar-refractivity contribution in [2.24, 2.45) is 5.92 Å². The summed E-state index contributed by atoms with van der Waals surface area (Å²) in [6, 6.07) is 12.6. The molecule has 22 heavy (non-hydrogen) atoms. The quantitative estimate of drug-likeness (QED) is 0.787. The van der Waals surface area contributed by atoms with Gasteiger partial charge in [0.1, 0.15) is 5.56 Å². The first kappa shape index (κ1) is 16.0. The average Bonchev–Trinajstić information content (AvgIpc) is 2.52. The number of carbonyl (C=O) groups is 1. The van der Waals surface area contributed by atoms with Crippen molar-refractivity contribution in [3.05, 3.63) is 58.4 Å². The molecule has 0 saturated carbocycles. The summed E-state index contributed by atoms with van der Waals surface area (Å²) in [5, 5.41) is 12.3. The van der Waals surface area contributed by atoms with Crippen LogP contribution in [0.3, 0.4) is 0 Å². The summed E-state index contributed by atoms with van der Waals surface area (Å²) in [5.41, 5.74) is 1.12. The lowest BCUT2D eigenvalue weighted by Crippen LogP contribution is -2.37. The second-order valence-electron chi connectivity index (χ2n) is 5.50. The zero-order valence-electron chi connectivity index (χ0n) is 12.7. The summed E-state index contributed by atoms with van der Waals surface area (Å²) in [5.74, 6) is -0.445. The van der Waals surface area contributed by atoms with Gasteiger partial charge in [0.05, 0.1) is 6.10 Å². The van der Waals surface area contributed by atoms with Crippen LogP contribution in [0.4, 0.5) is 0 Å². The molecule has 1 heterocycles. The van der Waals surface area contributed by atoms with E-state index in [0.29, 0.717) is 5.69 Å². The van der Waals surface area contributed by atoms with Crippen molar-refractivity contribution in [3.63, 3.8) is 0 Å². The fourth-order valence-corrected chi connectivity index (χ4v) is 1.97. The SMILES string of the molecule is CC(C)C(O)CNC(=O)c1ccc(-c2ccccc2)[nH]c1=O.